The van der Waals surface area contributed by atoms with Gasteiger partial charge in [0.15, 0.2) is 0 Å². The number of benzene rings is 1. The zero-order valence-corrected chi connectivity index (χ0v) is 9.90. The van der Waals surface area contributed by atoms with Crippen molar-refractivity contribution in [2.75, 3.05) is 6.54 Å². The van der Waals surface area contributed by atoms with E-state index in [0.29, 0.717) is 5.56 Å². The van der Waals surface area contributed by atoms with Gasteiger partial charge in [-0.15, -0.1) is 0 Å². The van der Waals surface area contributed by atoms with Crippen LogP contribution in [0.5, 0.6) is 5.75 Å². The minimum atomic E-state index is -2.88. The molecule has 0 bridgehead atoms. The first-order chi connectivity index (χ1) is 8.50. The van der Waals surface area contributed by atoms with Crippen molar-refractivity contribution in [1.29, 1.82) is 0 Å². The van der Waals surface area contributed by atoms with Gasteiger partial charge >= 0.3 is 12.6 Å². The second-order valence-corrected chi connectivity index (χ2v) is 3.74. The molecule has 0 spiro atoms. The van der Waals surface area contributed by atoms with Gasteiger partial charge in [-0.2, -0.15) is 8.78 Å². The smallest absolute Gasteiger partial charge is 0.387 e. The third-order valence-electron chi connectivity index (χ3n) is 2.39. The van der Waals surface area contributed by atoms with E-state index >= 15 is 0 Å². The van der Waals surface area contributed by atoms with Crippen molar-refractivity contribution in [1.82, 2.24) is 5.32 Å². The minimum absolute atomic E-state index is 0.0256. The van der Waals surface area contributed by atoms with Crippen LogP contribution in [-0.2, 0) is 4.79 Å². The van der Waals surface area contributed by atoms with Crippen LogP contribution in [0.25, 0.3) is 0 Å². The molecular weight excluding hydrogens is 244 g/mol. The Hall–Kier alpha value is -1.69. The minimum Gasteiger partial charge on any atom is -0.481 e. The number of hydrogen-bond donors (Lipinski definition) is 2. The number of carbonyl (C=O) groups is 1. The van der Waals surface area contributed by atoms with Crippen molar-refractivity contribution in [3.8, 4) is 5.75 Å². The fourth-order valence-corrected chi connectivity index (χ4v) is 1.55. The van der Waals surface area contributed by atoms with Crippen LogP contribution in [0.3, 0.4) is 0 Å². The summed E-state index contributed by atoms with van der Waals surface area (Å²) in [4.78, 5) is 10.4. The van der Waals surface area contributed by atoms with Crippen molar-refractivity contribution in [2.24, 2.45) is 0 Å². The van der Waals surface area contributed by atoms with Gasteiger partial charge in [0.1, 0.15) is 5.75 Å². The third-order valence-corrected chi connectivity index (χ3v) is 2.39. The summed E-state index contributed by atoms with van der Waals surface area (Å²) in [6, 6.07) is 6.17. The second-order valence-electron chi connectivity index (χ2n) is 3.74. The summed E-state index contributed by atoms with van der Waals surface area (Å²) < 4.78 is 28.8. The van der Waals surface area contributed by atoms with Crippen LogP contribution < -0.4 is 10.1 Å². The lowest BCUT2D eigenvalue weighted by Gasteiger charge is -2.17. The van der Waals surface area contributed by atoms with Crippen molar-refractivity contribution >= 4 is 5.97 Å². The maximum atomic E-state index is 12.2. The van der Waals surface area contributed by atoms with Crippen LogP contribution in [0.2, 0.25) is 0 Å². The van der Waals surface area contributed by atoms with Crippen LogP contribution in [0, 0.1) is 0 Å². The zero-order chi connectivity index (χ0) is 13.5. The fourth-order valence-electron chi connectivity index (χ4n) is 1.55. The van der Waals surface area contributed by atoms with E-state index in [1.165, 1.54) is 6.07 Å². The number of rotatable bonds is 7. The van der Waals surface area contributed by atoms with Gasteiger partial charge in [-0.25, -0.2) is 0 Å². The summed E-state index contributed by atoms with van der Waals surface area (Å²) in [5.41, 5.74) is 0.572. The molecule has 6 heteroatoms. The molecule has 1 aromatic rings. The Morgan fingerprint density at radius 3 is 2.72 bits per heavy atom. The lowest BCUT2D eigenvalue weighted by atomic mass is 10.1. The highest BCUT2D eigenvalue weighted by Crippen LogP contribution is 2.26. The van der Waals surface area contributed by atoms with E-state index in [4.69, 9.17) is 5.11 Å². The molecule has 0 aromatic heterocycles. The van der Waals surface area contributed by atoms with Gasteiger partial charge in [-0.1, -0.05) is 18.2 Å². The van der Waals surface area contributed by atoms with Gasteiger partial charge in [0.2, 0.25) is 0 Å². The molecule has 18 heavy (non-hydrogen) atoms. The molecule has 0 saturated heterocycles. The highest BCUT2D eigenvalue weighted by molar-refractivity contribution is 5.66. The number of aliphatic carboxylic acids is 1. The molecule has 1 atom stereocenters. The molecular formula is C12H15F2NO3. The fraction of sp³-hybridized carbons (Fsp3) is 0.417. The number of alkyl halides is 2. The average molecular weight is 259 g/mol. The molecule has 1 aromatic carbocycles. The summed E-state index contributed by atoms with van der Waals surface area (Å²) in [5.74, 6) is -0.811. The van der Waals surface area contributed by atoms with Gasteiger partial charge in [0.05, 0.1) is 6.42 Å². The molecule has 1 rings (SSSR count). The van der Waals surface area contributed by atoms with Crippen molar-refractivity contribution in [2.45, 2.75) is 26.0 Å². The second kappa shape index (κ2) is 6.90. The summed E-state index contributed by atoms with van der Waals surface area (Å²) in [6.07, 6.45) is -0.0256. The summed E-state index contributed by atoms with van der Waals surface area (Å²) in [5, 5.41) is 11.4. The predicted molar refractivity (Wildman–Crippen MR) is 61.7 cm³/mol. The number of para-hydroxylation sites is 1. The first-order valence-electron chi connectivity index (χ1n) is 5.49. The van der Waals surface area contributed by atoms with Crippen molar-refractivity contribution in [3.05, 3.63) is 29.8 Å². The third kappa shape index (κ3) is 4.67. The molecule has 0 aliphatic heterocycles. The van der Waals surface area contributed by atoms with Crippen LogP contribution in [-0.4, -0.2) is 24.2 Å². The van der Waals surface area contributed by atoms with Gasteiger partial charge in [0, 0.05) is 18.2 Å². The van der Waals surface area contributed by atoms with E-state index in [1.807, 2.05) is 0 Å². The number of hydrogen-bond acceptors (Lipinski definition) is 3. The molecule has 0 saturated carbocycles. The summed E-state index contributed by atoms with van der Waals surface area (Å²) >= 11 is 0. The van der Waals surface area contributed by atoms with E-state index in [2.05, 4.69) is 10.1 Å². The van der Waals surface area contributed by atoms with Crippen molar-refractivity contribution < 1.29 is 23.4 Å². The Morgan fingerprint density at radius 2 is 2.11 bits per heavy atom. The van der Waals surface area contributed by atoms with Gasteiger partial charge in [0.25, 0.3) is 0 Å². The highest BCUT2D eigenvalue weighted by atomic mass is 19.3. The molecule has 0 fully saturated rings. The van der Waals surface area contributed by atoms with E-state index in [0.717, 1.165) is 0 Å². The van der Waals surface area contributed by atoms with Crippen LogP contribution in [0.1, 0.15) is 24.9 Å². The Balaban J connectivity index is 2.66. The Morgan fingerprint density at radius 1 is 1.44 bits per heavy atom. The van der Waals surface area contributed by atoms with E-state index in [1.54, 1.807) is 25.1 Å². The molecule has 4 nitrogen and oxygen atoms in total. The molecule has 0 amide bonds. The van der Waals surface area contributed by atoms with Crippen LogP contribution >= 0.6 is 0 Å². The Kier molecular flexibility index (Phi) is 5.51. The Labute approximate surface area is 104 Å². The standard InChI is InChI=1S/C12H15F2NO3/c1-8(15-7-6-11(16)17)9-4-2-3-5-10(9)18-12(13)14/h2-5,8,12,15H,6-7H2,1H3,(H,16,17). The summed E-state index contributed by atoms with van der Waals surface area (Å²) in [7, 11) is 0. The van der Waals surface area contributed by atoms with E-state index in [9.17, 15) is 13.6 Å². The van der Waals surface area contributed by atoms with Gasteiger partial charge < -0.3 is 15.2 Å². The maximum absolute atomic E-state index is 12.2. The van der Waals surface area contributed by atoms with Gasteiger partial charge in [-0.05, 0) is 13.0 Å². The lowest BCUT2D eigenvalue weighted by Crippen LogP contribution is -2.22. The first-order valence-corrected chi connectivity index (χ1v) is 5.49. The van der Waals surface area contributed by atoms with Gasteiger partial charge in [-0.3, -0.25) is 4.79 Å². The largest absolute Gasteiger partial charge is 0.481 e. The monoisotopic (exact) mass is 259 g/mol. The van der Waals surface area contributed by atoms with Crippen LogP contribution in [0.15, 0.2) is 24.3 Å². The normalized spacial score (nSPS) is 12.4. The molecule has 1 unspecified atom stereocenters. The molecule has 0 aliphatic rings. The Bertz CT molecular complexity index is 399. The SMILES string of the molecule is CC(NCCC(=O)O)c1ccccc1OC(F)F. The number of ether oxygens (including phenoxy) is 1. The summed E-state index contributed by atoms with van der Waals surface area (Å²) in [6.45, 7) is -0.855. The number of carboxylic acids is 1. The molecule has 0 aliphatic carbocycles. The number of halogens is 2. The quantitative estimate of drug-likeness (QED) is 0.789. The average Bonchev–Trinajstić information content (AvgIpc) is 2.28. The van der Waals surface area contributed by atoms with E-state index < -0.39 is 12.6 Å². The molecule has 100 valence electrons. The zero-order valence-electron chi connectivity index (χ0n) is 9.90. The maximum Gasteiger partial charge on any atom is 0.387 e. The number of carboxylic acid groups (broad SMARTS) is 1. The highest BCUT2D eigenvalue weighted by Gasteiger charge is 2.14. The topological polar surface area (TPSA) is 58.6 Å². The first kappa shape index (κ1) is 14.4. The van der Waals surface area contributed by atoms with Crippen molar-refractivity contribution in [3.63, 3.8) is 0 Å². The lowest BCUT2D eigenvalue weighted by molar-refractivity contribution is -0.136. The molecule has 0 heterocycles. The molecule has 0 radical (unpaired) electrons. The predicted octanol–water partition coefficient (Wildman–Crippen LogP) is 2.41. The molecule has 2 N–H and O–H groups in total. The number of nitrogens with one attached hydrogen (secondary N) is 1. The van der Waals surface area contributed by atoms with E-state index in [-0.39, 0.29) is 24.8 Å². The van der Waals surface area contributed by atoms with Crippen LogP contribution in [0.4, 0.5) is 8.78 Å².